The molecule has 8 heteroatoms. The SMILES string of the molecule is COC(=O)c1ccc(Oc2c(C)oc3c4c(ccc3c2=O)OCN(C[C@H]2CCCO2)C4)cc1. The van der Waals surface area contributed by atoms with Gasteiger partial charge in [-0.15, -0.1) is 0 Å². The predicted octanol–water partition coefficient (Wildman–Crippen LogP) is 4.01. The Labute approximate surface area is 190 Å². The van der Waals surface area contributed by atoms with Crippen LogP contribution in [0.1, 0.15) is 34.5 Å². The normalized spacial score (nSPS) is 18.1. The van der Waals surface area contributed by atoms with E-state index in [1.54, 1.807) is 37.3 Å². The average Bonchev–Trinajstić information content (AvgIpc) is 3.34. The Morgan fingerprint density at radius 1 is 1.18 bits per heavy atom. The summed E-state index contributed by atoms with van der Waals surface area (Å²) in [5.74, 6) is 1.18. The summed E-state index contributed by atoms with van der Waals surface area (Å²) in [5, 5.41) is 0.433. The lowest BCUT2D eigenvalue weighted by atomic mass is 10.1. The van der Waals surface area contributed by atoms with Crippen LogP contribution in [0.25, 0.3) is 11.0 Å². The van der Waals surface area contributed by atoms with Gasteiger partial charge in [0.25, 0.3) is 0 Å². The number of methoxy groups -OCH3 is 1. The molecule has 0 spiro atoms. The number of hydrogen-bond acceptors (Lipinski definition) is 8. The Morgan fingerprint density at radius 3 is 2.73 bits per heavy atom. The van der Waals surface area contributed by atoms with E-state index in [1.807, 2.05) is 6.07 Å². The molecule has 1 aromatic heterocycles. The molecule has 2 aliphatic rings. The van der Waals surface area contributed by atoms with E-state index in [4.69, 9.17) is 23.4 Å². The summed E-state index contributed by atoms with van der Waals surface area (Å²) < 4.78 is 28.4. The molecule has 33 heavy (non-hydrogen) atoms. The van der Waals surface area contributed by atoms with Crippen LogP contribution in [0.4, 0.5) is 0 Å². The average molecular weight is 451 g/mol. The summed E-state index contributed by atoms with van der Waals surface area (Å²) in [7, 11) is 1.32. The van der Waals surface area contributed by atoms with Crippen LogP contribution in [0.15, 0.2) is 45.6 Å². The molecule has 0 amide bonds. The summed E-state index contributed by atoms with van der Waals surface area (Å²) in [6.07, 6.45) is 2.35. The molecule has 3 aromatic rings. The van der Waals surface area contributed by atoms with Gasteiger partial charge in [0, 0.05) is 19.7 Å². The van der Waals surface area contributed by atoms with Crippen LogP contribution in [0.3, 0.4) is 0 Å². The molecule has 2 aromatic carbocycles. The fraction of sp³-hybridized carbons (Fsp3) is 0.360. The number of ether oxygens (including phenoxy) is 4. The molecular weight excluding hydrogens is 426 g/mol. The summed E-state index contributed by atoms with van der Waals surface area (Å²) >= 11 is 0. The van der Waals surface area contributed by atoms with Gasteiger partial charge in [0.2, 0.25) is 11.2 Å². The van der Waals surface area contributed by atoms with Crippen LogP contribution in [0.5, 0.6) is 17.2 Å². The minimum absolute atomic E-state index is 0.112. The lowest BCUT2D eigenvalue weighted by Crippen LogP contribution is -2.37. The third kappa shape index (κ3) is 4.19. The highest BCUT2D eigenvalue weighted by molar-refractivity contribution is 5.89. The zero-order valence-electron chi connectivity index (χ0n) is 18.6. The Balaban J connectivity index is 1.44. The molecule has 3 heterocycles. The number of nitrogens with zero attached hydrogens (tertiary/aromatic N) is 1. The van der Waals surface area contributed by atoms with Crippen molar-refractivity contribution in [2.45, 2.75) is 32.4 Å². The molecule has 2 aliphatic heterocycles. The number of carbonyl (C=O) groups is 1. The highest BCUT2D eigenvalue weighted by Gasteiger charge is 2.27. The highest BCUT2D eigenvalue weighted by atomic mass is 16.5. The maximum Gasteiger partial charge on any atom is 0.337 e. The standard InChI is InChI=1S/C25H25NO7/c1-15-23(33-17-7-5-16(6-8-17)25(28)29-2)22(27)19-9-10-21-20(24(19)32-15)13-26(14-31-21)12-18-4-3-11-30-18/h5-10,18H,3-4,11-14H2,1-2H3/t18-/m1/s1. The number of hydrogen-bond donors (Lipinski definition) is 0. The van der Waals surface area contributed by atoms with Crippen molar-refractivity contribution in [1.29, 1.82) is 0 Å². The lowest BCUT2D eigenvalue weighted by molar-refractivity contribution is 0.0281. The van der Waals surface area contributed by atoms with Gasteiger partial charge < -0.3 is 23.4 Å². The maximum atomic E-state index is 13.3. The van der Waals surface area contributed by atoms with Crippen LogP contribution < -0.4 is 14.9 Å². The first-order chi connectivity index (χ1) is 16.0. The first-order valence-electron chi connectivity index (χ1n) is 11.0. The molecule has 1 atom stereocenters. The number of carbonyl (C=O) groups excluding carboxylic acids is 1. The summed E-state index contributed by atoms with van der Waals surface area (Å²) in [4.78, 5) is 27.1. The number of rotatable bonds is 5. The van der Waals surface area contributed by atoms with Crippen molar-refractivity contribution in [3.63, 3.8) is 0 Å². The fourth-order valence-electron chi connectivity index (χ4n) is 4.31. The van der Waals surface area contributed by atoms with E-state index >= 15 is 0 Å². The third-order valence-electron chi connectivity index (χ3n) is 6.01. The van der Waals surface area contributed by atoms with Crippen molar-refractivity contribution < 1.29 is 28.2 Å². The Bertz CT molecular complexity index is 1240. The van der Waals surface area contributed by atoms with Gasteiger partial charge in [0.1, 0.15) is 29.6 Å². The van der Waals surface area contributed by atoms with Crippen LogP contribution >= 0.6 is 0 Å². The zero-order valence-corrected chi connectivity index (χ0v) is 18.6. The number of aryl methyl sites for hydroxylation is 1. The van der Waals surface area contributed by atoms with E-state index in [1.165, 1.54) is 7.11 Å². The van der Waals surface area contributed by atoms with Gasteiger partial charge in [-0.2, -0.15) is 0 Å². The molecule has 0 saturated carbocycles. The van der Waals surface area contributed by atoms with Crippen molar-refractivity contribution >= 4 is 16.9 Å². The van der Waals surface area contributed by atoms with Crippen molar-refractivity contribution in [3.05, 3.63) is 63.5 Å². The first-order valence-corrected chi connectivity index (χ1v) is 11.0. The highest BCUT2D eigenvalue weighted by Crippen LogP contribution is 2.34. The van der Waals surface area contributed by atoms with Gasteiger partial charge in [-0.25, -0.2) is 4.79 Å². The molecule has 0 radical (unpaired) electrons. The Kier molecular flexibility index (Phi) is 5.78. The van der Waals surface area contributed by atoms with Crippen LogP contribution in [-0.2, 0) is 16.0 Å². The topological polar surface area (TPSA) is 87.4 Å². The Hall–Kier alpha value is -3.36. The molecule has 172 valence electrons. The minimum atomic E-state index is -0.441. The largest absolute Gasteiger partial charge is 0.478 e. The predicted molar refractivity (Wildman–Crippen MR) is 120 cm³/mol. The van der Waals surface area contributed by atoms with Gasteiger partial charge in [-0.3, -0.25) is 9.69 Å². The van der Waals surface area contributed by atoms with Gasteiger partial charge >= 0.3 is 5.97 Å². The van der Waals surface area contributed by atoms with Crippen LogP contribution in [-0.4, -0.2) is 44.0 Å². The van der Waals surface area contributed by atoms with E-state index < -0.39 is 5.97 Å². The molecule has 1 fully saturated rings. The van der Waals surface area contributed by atoms with Gasteiger partial charge in [-0.1, -0.05) is 0 Å². The van der Waals surface area contributed by atoms with Crippen molar-refractivity contribution in [1.82, 2.24) is 4.90 Å². The molecule has 5 rings (SSSR count). The van der Waals surface area contributed by atoms with Crippen LogP contribution in [0, 0.1) is 6.92 Å². The quantitative estimate of drug-likeness (QED) is 0.538. The van der Waals surface area contributed by atoms with E-state index in [2.05, 4.69) is 4.90 Å². The molecule has 0 unspecified atom stereocenters. The fourth-order valence-corrected chi connectivity index (χ4v) is 4.31. The molecular formula is C25H25NO7. The van der Waals surface area contributed by atoms with E-state index in [9.17, 15) is 9.59 Å². The van der Waals surface area contributed by atoms with Crippen molar-refractivity contribution in [2.75, 3.05) is 27.0 Å². The minimum Gasteiger partial charge on any atom is -0.478 e. The number of fused-ring (bicyclic) bond motifs is 3. The monoisotopic (exact) mass is 451 g/mol. The lowest BCUT2D eigenvalue weighted by Gasteiger charge is -2.30. The van der Waals surface area contributed by atoms with Crippen molar-refractivity contribution in [2.24, 2.45) is 0 Å². The van der Waals surface area contributed by atoms with Gasteiger partial charge in [-0.05, 0) is 56.2 Å². The Morgan fingerprint density at radius 2 is 2.00 bits per heavy atom. The van der Waals surface area contributed by atoms with Crippen LogP contribution in [0.2, 0.25) is 0 Å². The molecule has 0 N–H and O–H groups in total. The maximum absolute atomic E-state index is 13.3. The first kappa shape index (κ1) is 21.5. The van der Waals surface area contributed by atoms with E-state index in [0.717, 1.165) is 37.3 Å². The van der Waals surface area contributed by atoms with Crippen molar-refractivity contribution in [3.8, 4) is 17.2 Å². The molecule has 0 aliphatic carbocycles. The molecule has 8 nitrogen and oxygen atoms in total. The smallest absolute Gasteiger partial charge is 0.337 e. The second kappa shape index (κ2) is 8.88. The molecule has 0 bridgehead atoms. The third-order valence-corrected chi connectivity index (χ3v) is 6.01. The second-order valence-corrected chi connectivity index (χ2v) is 8.27. The van der Waals surface area contributed by atoms with E-state index in [0.29, 0.717) is 41.3 Å². The molecule has 1 saturated heterocycles. The summed E-state index contributed by atoms with van der Waals surface area (Å²) in [5.41, 5.74) is 1.50. The van der Waals surface area contributed by atoms with Gasteiger partial charge in [0.05, 0.1) is 29.7 Å². The summed E-state index contributed by atoms with van der Waals surface area (Å²) in [6.45, 7) is 4.38. The number of benzene rings is 2. The number of esters is 1. The van der Waals surface area contributed by atoms with Gasteiger partial charge in [0.15, 0.2) is 0 Å². The van der Waals surface area contributed by atoms with E-state index in [-0.39, 0.29) is 17.3 Å². The summed E-state index contributed by atoms with van der Waals surface area (Å²) in [6, 6.07) is 9.90. The second-order valence-electron chi connectivity index (χ2n) is 8.27. The zero-order chi connectivity index (χ0) is 22.9.